The van der Waals surface area contributed by atoms with Crippen LogP contribution in [0.15, 0.2) is 30.3 Å². The van der Waals surface area contributed by atoms with Crippen LogP contribution in [0.3, 0.4) is 0 Å². The van der Waals surface area contributed by atoms with Crippen molar-refractivity contribution >= 4 is 0 Å². The van der Waals surface area contributed by atoms with Crippen molar-refractivity contribution in [2.75, 3.05) is 13.2 Å². The van der Waals surface area contributed by atoms with E-state index >= 15 is 0 Å². The van der Waals surface area contributed by atoms with Crippen molar-refractivity contribution in [3.8, 4) is 5.75 Å². The van der Waals surface area contributed by atoms with E-state index in [-0.39, 0.29) is 0 Å². The predicted octanol–water partition coefficient (Wildman–Crippen LogP) is 3.38. The van der Waals surface area contributed by atoms with Gasteiger partial charge in [-0.2, -0.15) is 0 Å². The quantitative estimate of drug-likeness (QED) is 0.761. The highest BCUT2D eigenvalue weighted by molar-refractivity contribution is 5.20. The summed E-state index contributed by atoms with van der Waals surface area (Å²) in [5.41, 5.74) is 0. The second-order valence-corrected chi connectivity index (χ2v) is 4.80. The molecule has 1 aliphatic carbocycles. The highest BCUT2D eigenvalue weighted by atomic mass is 16.5. The zero-order valence-corrected chi connectivity index (χ0v) is 10.5. The van der Waals surface area contributed by atoms with Crippen molar-refractivity contribution in [1.29, 1.82) is 0 Å². The average Bonchev–Trinajstić information content (AvgIpc) is 2.41. The van der Waals surface area contributed by atoms with Crippen LogP contribution in [0.25, 0.3) is 0 Å². The Bertz CT molecular complexity index is 293. The summed E-state index contributed by atoms with van der Waals surface area (Å²) in [6, 6.07) is 10.8. The van der Waals surface area contributed by atoms with E-state index in [4.69, 9.17) is 4.74 Å². The molecule has 0 spiro atoms. The fourth-order valence-electron chi connectivity index (χ4n) is 2.39. The molecule has 17 heavy (non-hydrogen) atoms. The lowest BCUT2D eigenvalue weighted by Crippen LogP contribution is -2.32. The van der Waals surface area contributed by atoms with Crippen molar-refractivity contribution in [2.24, 2.45) is 0 Å². The molecule has 94 valence electrons. The Hall–Kier alpha value is -1.02. The standard InChI is InChI=1S/C15H23NO/c1-3-8-14(9-4-1)16-12-7-13-17-15-10-5-2-6-11-15/h2,5-6,10-11,14,16H,1,3-4,7-9,12-13H2. The van der Waals surface area contributed by atoms with Crippen molar-refractivity contribution < 1.29 is 4.74 Å². The third-order valence-electron chi connectivity index (χ3n) is 3.37. The lowest BCUT2D eigenvalue weighted by molar-refractivity contribution is 0.297. The van der Waals surface area contributed by atoms with E-state index in [0.29, 0.717) is 0 Å². The molecule has 1 aliphatic rings. The van der Waals surface area contributed by atoms with Crippen molar-refractivity contribution in [3.63, 3.8) is 0 Å². The Morgan fingerprint density at radius 3 is 2.59 bits per heavy atom. The van der Waals surface area contributed by atoms with Gasteiger partial charge in [0.25, 0.3) is 0 Å². The van der Waals surface area contributed by atoms with Gasteiger partial charge in [-0.05, 0) is 37.9 Å². The van der Waals surface area contributed by atoms with Crippen LogP contribution in [-0.4, -0.2) is 19.2 Å². The molecule has 0 aromatic heterocycles. The van der Waals surface area contributed by atoms with E-state index in [2.05, 4.69) is 5.32 Å². The Balaban J connectivity index is 1.51. The molecule has 2 nitrogen and oxygen atoms in total. The predicted molar refractivity (Wildman–Crippen MR) is 71.4 cm³/mol. The van der Waals surface area contributed by atoms with Gasteiger partial charge in [-0.1, -0.05) is 37.5 Å². The van der Waals surface area contributed by atoms with Gasteiger partial charge >= 0.3 is 0 Å². The van der Waals surface area contributed by atoms with E-state index < -0.39 is 0 Å². The smallest absolute Gasteiger partial charge is 0.119 e. The fourth-order valence-corrected chi connectivity index (χ4v) is 2.39. The molecule has 0 aliphatic heterocycles. The number of para-hydroxylation sites is 1. The van der Waals surface area contributed by atoms with Crippen LogP contribution in [0, 0.1) is 0 Å². The molecule has 0 saturated heterocycles. The summed E-state index contributed by atoms with van der Waals surface area (Å²) < 4.78 is 5.66. The normalized spacial score (nSPS) is 16.9. The van der Waals surface area contributed by atoms with Gasteiger partial charge in [-0.25, -0.2) is 0 Å². The largest absolute Gasteiger partial charge is 0.494 e. The summed E-state index contributed by atoms with van der Waals surface area (Å²) in [6.45, 7) is 1.89. The van der Waals surface area contributed by atoms with Crippen molar-refractivity contribution in [3.05, 3.63) is 30.3 Å². The summed E-state index contributed by atoms with van der Waals surface area (Å²) in [6.07, 6.45) is 8.04. The highest BCUT2D eigenvalue weighted by Gasteiger charge is 2.11. The van der Waals surface area contributed by atoms with Gasteiger partial charge in [0.2, 0.25) is 0 Å². The zero-order valence-electron chi connectivity index (χ0n) is 10.5. The monoisotopic (exact) mass is 233 g/mol. The van der Waals surface area contributed by atoms with Crippen LogP contribution in [0.2, 0.25) is 0 Å². The van der Waals surface area contributed by atoms with Crippen LogP contribution in [0.4, 0.5) is 0 Å². The van der Waals surface area contributed by atoms with Gasteiger partial charge in [0.15, 0.2) is 0 Å². The first-order valence-electron chi connectivity index (χ1n) is 6.86. The molecule has 1 aromatic carbocycles. The van der Waals surface area contributed by atoms with Crippen molar-refractivity contribution in [2.45, 2.75) is 44.6 Å². The van der Waals surface area contributed by atoms with E-state index in [1.54, 1.807) is 0 Å². The molecule has 0 bridgehead atoms. The summed E-state index contributed by atoms with van der Waals surface area (Å²) in [5, 5.41) is 3.63. The van der Waals surface area contributed by atoms with Crippen LogP contribution in [0.5, 0.6) is 5.75 Å². The third-order valence-corrected chi connectivity index (χ3v) is 3.37. The molecule has 1 saturated carbocycles. The Labute approximate surface area is 104 Å². The lowest BCUT2D eigenvalue weighted by atomic mass is 9.95. The molecular weight excluding hydrogens is 210 g/mol. The molecule has 2 heteroatoms. The summed E-state index contributed by atoms with van der Waals surface area (Å²) >= 11 is 0. The number of ether oxygens (including phenoxy) is 1. The van der Waals surface area contributed by atoms with Crippen LogP contribution >= 0.6 is 0 Å². The molecule has 1 N–H and O–H groups in total. The first kappa shape index (κ1) is 12.4. The molecule has 1 aromatic rings. The van der Waals surface area contributed by atoms with E-state index in [9.17, 15) is 0 Å². The fraction of sp³-hybridized carbons (Fsp3) is 0.600. The third kappa shape index (κ3) is 4.78. The average molecular weight is 233 g/mol. The van der Waals surface area contributed by atoms with Gasteiger partial charge < -0.3 is 10.1 Å². The number of hydrogen-bond donors (Lipinski definition) is 1. The number of benzene rings is 1. The van der Waals surface area contributed by atoms with Gasteiger partial charge in [0.05, 0.1) is 6.61 Å². The molecule has 1 fully saturated rings. The van der Waals surface area contributed by atoms with Gasteiger partial charge in [0, 0.05) is 6.04 Å². The minimum atomic E-state index is 0.764. The first-order chi connectivity index (χ1) is 8.45. The molecule has 2 rings (SSSR count). The highest BCUT2D eigenvalue weighted by Crippen LogP contribution is 2.17. The van der Waals surface area contributed by atoms with Gasteiger partial charge in [-0.15, -0.1) is 0 Å². The molecule has 0 radical (unpaired) electrons. The number of rotatable bonds is 6. The molecular formula is C15H23NO. The summed E-state index contributed by atoms with van der Waals surface area (Å²) in [7, 11) is 0. The maximum atomic E-state index is 5.66. The lowest BCUT2D eigenvalue weighted by Gasteiger charge is -2.22. The van der Waals surface area contributed by atoms with Crippen LogP contribution in [0.1, 0.15) is 38.5 Å². The summed E-state index contributed by atoms with van der Waals surface area (Å²) in [5.74, 6) is 0.977. The van der Waals surface area contributed by atoms with Crippen LogP contribution < -0.4 is 10.1 Å². The number of hydrogen-bond acceptors (Lipinski definition) is 2. The van der Waals surface area contributed by atoms with Crippen molar-refractivity contribution in [1.82, 2.24) is 5.32 Å². The zero-order chi connectivity index (χ0) is 11.8. The Kier molecular flexibility index (Phi) is 5.37. The van der Waals surface area contributed by atoms with E-state index in [1.165, 1.54) is 32.1 Å². The first-order valence-corrected chi connectivity index (χ1v) is 6.86. The molecule has 0 heterocycles. The Morgan fingerprint density at radius 1 is 1.06 bits per heavy atom. The second kappa shape index (κ2) is 7.33. The van der Waals surface area contributed by atoms with E-state index in [1.807, 2.05) is 30.3 Å². The molecule has 0 atom stereocenters. The van der Waals surface area contributed by atoms with Gasteiger partial charge in [-0.3, -0.25) is 0 Å². The Morgan fingerprint density at radius 2 is 1.82 bits per heavy atom. The van der Waals surface area contributed by atoms with E-state index in [0.717, 1.165) is 31.4 Å². The molecule has 0 amide bonds. The van der Waals surface area contributed by atoms with Crippen LogP contribution in [-0.2, 0) is 0 Å². The summed E-state index contributed by atoms with van der Waals surface area (Å²) in [4.78, 5) is 0. The van der Waals surface area contributed by atoms with Gasteiger partial charge in [0.1, 0.15) is 5.75 Å². The topological polar surface area (TPSA) is 21.3 Å². The SMILES string of the molecule is c1ccc(OCCCNC2CCCCC2)cc1. The minimum absolute atomic E-state index is 0.764. The maximum Gasteiger partial charge on any atom is 0.119 e. The molecule has 0 unspecified atom stereocenters. The minimum Gasteiger partial charge on any atom is -0.494 e. The second-order valence-electron chi connectivity index (χ2n) is 4.80. The maximum absolute atomic E-state index is 5.66. The number of nitrogens with one attached hydrogen (secondary N) is 1.